The van der Waals surface area contributed by atoms with Crippen LogP contribution in [0.2, 0.25) is 0 Å². The predicted molar refractivity (Wildman–Crippen MR) is 208 cm³/mol. The molecule has 0 aliphatic carbocycles. The van der Waals surface area contributed by atoms with Gasteiger partial charge in [-0.1, -0.05) is 91.1 Å². The fourth-order valence-electron chi connectivity index (χ4n) is 6.60. The number of hydroxylamine groups is 2. The molecular weight excluding hydrogens is 777 g/mol. The molecule has 2 heterocycles. The summed E-state index contributed by atoms with van der Waals surface area (Å²) in [6.45, 7) is 9.09. The van der Waals surface area contributed by atoms with E-state index in [1.165, 1.54) is 31.4 Å². The molecule has 0 amide bonds. The van der Waals surface area contributed by atoms with Gasteiger partial charge >= 0.3 is 12.4 Å². The molecule has 4 aromatic rings. The molecule has 0 radical (unpaired) electrons. The van der Waals surface area contributed by atoms with Crippen molar-refractivity contribution in [1.82, 2.24) is 21.6 Å². The van der Waals surface area contributed by atoms with Crippen LogP contribution in [0.25, 0.3) is 11.4 Å². The van der Waals surface area contributed by atoms with Crippen LogP contribution in [0.4, 0.5) is 26.3 Å². The van der Waals surface area contributed by atoms with Gasteiger partial charge in [0.1, 0.15) is 35.8 Å². The summed E-state index contributed by atoms with van der Waals surface area (Å²) in [5.74, 6) is 1.46. The lowest BCUT2D eigenvalue weighted by atomic mass is 9.87. The minimum absolute atomic E-state index is 0.0256. The van der Waals surface area contributed by atoms with Crippen molar-refractivity contribution in [2.24, 2.45) is 5.16 Å². The third-order valence-corrected chi connectivity index (χ3v) is 12.0. The topological polar surface area (TPSA) is 88.2 Å². The fourth-order valence-corrected chi connectivity index (χ4v) is 9.46. The molecule has 2 fully saturated rings. The van der Waals surface area contributed by atoms with Gasteiger partial charge in [-0.05, 0) is 57.6 Å². The van der Waals surface area contributed by atoms with E-state index >= 15 is 0 Å². The molecule has 56 heavy (non-hydrogen) atoms. The minimum Gasteiger partial charge on any atom is -0.399 e. The molecule has 4 N–H and O–H groups in total. The van der Waals surface area contributed by atoms with Crippen molar-refractivity contribution in [2.45, 2.75) is 35.3 Å². The van der Waals surface area contributed by atoms with Gasteiger partial charge in [-0.15, -0.1) is 23.5 Å². The zero-order chi connectivity index (χ0) is 40.0. The number of hydrogen-bond acceptors (Lipinski definition) is 10. The van der Waals surface area contributed by atoms with E-state index < -0.39 is 33.2 Å². The number of alkyl halides is 6. The van der Waals surface area contributed by atoms with Crippen LogP contribution in [0.5, 0.6) is 0 Å². The molecule has 2 atom stereocenters. The Labute approximate surface area is 329 Å². The molecule has 0 bridgehead atoms. The third-order valence-electron chi connectivity index (χ3n) is 9.15. The van der Waals surface area contributed by atoms with E-state index in [4.69, 9.17) is 19.7 Å². The van der Waals surface area contributed by atoms with E-state index in [0.717, 1.165) is 58.0 Å². The Kier molecular flexibility index (Phi) is 12.8. The maximum atomic E-state index is 13.4. The van der Waals surface area contributed by atoms with Crippen molar-refractivity contribution >= 4 is 40.6 Å². The maximum absolute atomic E-state index is 13.4. The largest absolute Gasteiger partial charge is 0.416 e. The summed E-state index contributed by atoms with van der Waals surface area (Å²) in [5, 5.41) is 12.2. The van der Waals surface area contributed by atoms with Crippen LogP contribution in [-0.2, 0) is 49.8 Å². The lowest BCUT2D eigenvalue weighted by Crippen LogP contribution is -2.56. The summed E-state index contributed by atoms with van der Waals surface area (Å²) in [4.78, 5) is 15.5. The molecule has 2 aliphatic heterocycles. The molecule has 2 unspecified atom stereocenters. The molecule has 2 aliphatic rings. The Morgan fingerprint density at radius 3 is 1.48 bits per heavy atom. The first-order valence-electron chi connectivity index (χ1n) is 17.3. The number of oxime groups is 1. The SMILES string of the molecule is C=C(NOCc1ccccc1C1(C(=NOC)C2(c3ccccc3CONC(=C)c3cccc(C(F)(F)F)c3)NCCS2)NCCS1)c1cccc(C(F)(F)F)c1. The number of rotatable bonds is 15. The van der Waals surface area contributed by atoms with Gasteiger partial charge in [-0.25, -0.2) is 0 Å². The van der Waals surface area contributed by atoms with Gasteiger partial charge in [0.25, 0.3) is 0 Å². The highest BCUT2D eigenvalue weighted by Crippen LogP contribution is 2.51. The zero-order valence-electron chi connectivity index (χ0n) is 30.2. The molecule has 16 heteroatoms. The standard InChI is InChI=1S/C40H39F6N5O3S2/c1-26(28-12-8-14-32(22-28)39(41,42)43)49-53-24-30-10-4-6-16-34(30)37(47-18-20-55-37)36(51-52-3)38(48-19-21-56-38)35-17-7-5-11-31(35)25-54-50-27(2)29-13-9-15-33(23-29)40(44,45)46/h4-17,22-23,47-50H,1-2,18-21,24-25H2,3H3. The molecule has 296 valence electrons. The first-order valence-corrected chi connectivity index (χ1v) is 19.3. The highest BCUT2D eigenvalue weighted by molar-refractivity contribution is 8.02. The second kappa shape index (κ2) is 17.4. The van der Waals surface area contributed by atoms with Crippen molar-refractivity contribution in [3.05, 3.63) is 155 Å². The van der Waals surface area contributed by atoms with E-state index in [0.29, 0.717) is 18.8 Å². The zero-order valence-corrected chi connectivity index (χ0v) is 31.8. The number of halogens is 6. The Balaban J connectivity index is 1.27. The Morgan fingerprint density at radius 1 is 0.679 bits per heavy atom. The predicted octanol–water partition coefficient (Wildman–Crippen LogP) is 8.79. The third kappa shape index (κ3) is 8.90. The van der Waals surface area contributed by atoms with Crippen LogP contribution in [0.3, 0.4) is 0 Å². The summed E-state index contributed by atoms with van der Waals surface area (Å²) >= 11 is 3.29. The number of nitrogens with one attached hydrogen (secondary N) is 4. The Morgan fingerprint density at radius 2 is 1.11 bits per heavy atom. The summed E-state index contributed by atoms with van der Waals surface area (Å²) in [7, 11) is 1.48. The number of nitrogens with zero attached hydrogens (tertiary/aromatic N) is 1. The van der Waals surface area contributed by atoms with Crippen molar-refractivity contribution in [3.63, 3.8) is 0 Å². The maximum Gasteiger partial charge on any atom is 0.416 e. The molecule has 0 aromatic heterocycles. The van der Waals surface area contributed by atoms with Crippen LogP contribution in [0.1, 0.15) is 44.5 Å². The van der Waals surface area contributed by atoms with Gasteiger partial charge in [0.2, 0.25) is 0 Å². The summed E-state index contributed by atoms with van der Waals surface area (Å²) in [6.07, 6.45) is -9.01. The molecule has 2 saturated heterocycles. The van der Waals surface area contributed by atoms with Crippen LogP contribution in [-0.4, -0.2) is 37.4 Å². The number of hydrogen-bond donors (Lipinski definition) is 4. The minimum atomic E-state index is -4.50. The van der Waals surface area contributed by atoms with Crippen LogP contribution in [0.15, 0.2) is 115 Å². The van der Waals surface area contributed by atoms with E-state index in [1.54, 1.807) is 23.5 Å². The highest BCUT2D eigenvalue weighted by atomic mass is 32.2. The van der Waals surface area contributed by atoms with E-state index in [1.807, 2.05) is 48.5 Å². The monoisotopic (exact) mass is 815 g/mol. The number of thioether (sulfide) groups is 2. The second-order valence-electron chi connectivity index (χ2n) is 12.7. The fraction of sp³-hybridized carbons (Fsp3) is 0.275. The lowest BCUT2D eigenvalue weighted by Gasteiger charge is -2.41. The lowest BCUT2D eigenvalue weighted by molar-refractivity contribution is -0.138. The van der Waals surface area contributed by atoms with Crippen molar-refractivity contribution in [1.29, 1.82) is 0 Å². The first kappa shape index (κ1) is 41.2. The Hall–Kier alpha value is -4.45. The smallest absolute Gasteiger partial charge is 0.399 e. The van der Waals surface area contributed by atoms with Gasteiger partial charge in [-0.3, -0.25) is 31.3 Å². The first-order chi connectivity index (χ1) is 26.8. The molecule has 0 spiro atoms. The molecule has 0 saturated carbocycles. The van der Waals surface area contributed by atoms with E-state index in [-0.39, 0.29) is 35.7 Å². The van der Waals surface area contributed by atoms with Crippen molar-refractivity contribution < 1.29 is 40.9 Å². The van der Waals surface area contributed by atoms with Gasteiger partial charge in [-0.2, -0.15) is 26.3 Å². The van der Waals surface area contributed by atoms with Gasteiger partial charge in [0.05, 0.1) is 22.5 Å². The van der Waals surface area contributed by atoms with Gasteiger partial charge in [0.15, 0.2) is 0 Å². The molecular formula is C40H39F6N5O3S2. The second-order valence-corrected chi connectivity index (χ2v) is 15.4. The quantitative estimate of drug-likeness (QED) is 0.0535. The summed E-state index contributed by atoms with van der Waals surface area (Å²) < 4.78 is 80.1. The van der Waals surface area contributed by atoms with E-state index in [9.17, 15) is 26.3 Å². The number of benzene rings is 4. The van der Waals surface area contributed by atoms with Gasteiger partial charge < -0.3 is 4.84 Å². The summed E-state index contributed by atoms with van der Waals surface area (Å²) in [5.41, 5.74) is 8.48. The molecule has 4 aromatic carbocycles. The highest BCUT2D eigenvalue weighted by Gasteiger charge is 2.56. The average Bonchev–Trinajstić information content (AvgIpc) is 3.89. The van der Waals surface area contributed by atoms with E-state index in [2.05, 4.69) is 34.8 Å². The van der Waals surface area contributed by atoms with Crippen LogP contribution < -0.4 is 21.6 Å². The van der Waals surface area contributed by atoms with Crippen LogP contribution >= 0.6 is 23.5 Å². The Bertz CT molecular complexity index is 1920. The van der Waals surface area contributed by atoms with Crippen molar-refractivity contribution in [3.8, 4) is 0 Å². The van der Waals surface area contributed by atoms with Crippen LogP contribution in [0, 0.1) is 0 Å². The molecule has 6 rings (SSSR count). The molecule has 8 nitrogen and oxygen atoms in total. The average molecular weight is 816 g/mol. The van der Waals surface area contributed by atoms with Gasteiger partial charge in [0, 0.05) is 24.6 Å². The summed E-state index contributed by atoms with van der Waals surface area (Å²) in [6, 6.07) is 25.0. The normalized spacial score (nSPS) is 19.7. The van der Waals surface area contributed by atoms with Crippen molar-refractivity contribution in [2.75, 3.05) is 31.7 Å².